The van der Waals surface area contributed by atoms with Crippen molar-refractivity contribution in [2.75, 3.05) is 18.5 Å². The molecular weight excluding hydrogens is 226 g/mol. The van der Waals surface area contributed by atoms with E-state index in [1.165, 1.54) is 0 Å². The summed E-state index contributed by atoms with van der Waals surface area (Å²) in [6, 6.07) is 4.11. The van der Waals surface area contributed by atoms with Crippen LogP contribution >= 0.6 is 0 Å². The second kappa shape index (κ2) is 6.97. The van der Waals surface area contributed by atoms with Gasteiger partial charge in [-0.2, -0.15) is 5.26 Å². The number of hydrogen-bond acceptors (Lipinski definition) is 4. The van der Waals surface area contributed by atoms with Crippen LogP contribution in [0.3, 0.4) is 0 Å². The monoisotopic (exact) mass is 247 g/mol. The van der Waals surface area contributed by atoms with Crippen molar-refractivity contribution in [3.05, 3.63) is 23.0 Å². The summed E-state index contributed by atoms with van der Waals surface area (Å²) in [5.74, 6) is 0. The van der Waals surface area contributed by atoms with Crippen LogP contribution in [0.2, 0.25) is 0 Å². The van der Waals surface area contributed by atoms with Crippen LogP contribution in [-0.2, 0) is 4.74 Å². The van der Waals surface area contributed by atoms with E-state index >= 15 is 0 Å². The lowest BCUT2D eigenvalue weighted by molar-refractivity contribution is 0.0787. The number of hydrogen-bond donors (Lipinski definition) is 1. The van der Waals surface area contributed by atoms with Crippen LogP contribution in [0.5, 0.6) is 0 Å². The van der Waals surface area contributed by atoms with Gasteiger partial charge < -0.3 is 10.1 Å². The molecule has 0 saturated carbocycles. The smallest absolute Gasteiger partial charge is 0.103 e. The molecule has 18 heavy (non-hydrogen) atoms. The zero-order valence-electron chi connectivity index (χ0n) is 11.6. The SMILES string of the molecule is Cc1cc(NCCCOC(C)C)c(C#N)c(C)n1. The van der Waals surface area contributed by atoms with Crippen molar-refractivity contribution in [3.8, 4) is 6.07 Å². The van der Waals surface area contributed by atoms with Gasteiger partial charge in [0.05, 0.1) is 23.0 Å². The molecule has 1 aromatic heterocycles. The summed E-state index contributed by atoms with van der Waals surface area (Å²) in [7, 11) is 0. The minimum Gasteiger partial charge on any atom is -0.384 e. The predicted octanol–water partition coefficient (Wildman–Crippen LogP) is 2.80. The van der Waals surface area contributed by atoms with Gasteiger partial charge in [-0.15, -0.1) is 0 Å². The number of nitriles is 1. The van der Waals surface area contributed by atoms with Crippen molar-refractivity contribution in [2.24, 2.45) is 0 Å². The molecule has 0 saturated heterocycles. The van der Waals surface area contributed by atoms with Gasteiger partial charge in [0, 0.05) is 18.8 Å². The first-order valence-corrected chi connectivity index (χ1v) is 6.28. The van der Waals surface area contributed by atoms with Gasteiger partial charge in [-0.05, 0) is 40.2 Å². The summed E-state index contributed by atoms with van der Waals surface area (Å²) in [4.78, 5) is 4.29. The molecule has 0 aromatic carbocycles. The second-order valence-corrected chi connectivity index (χ2v) is 4.58. The average molecular weight is 247 g/mol. The Labute approximate surface area is 109 Å². The first kappa shape index (κ1) is 14.5. The minimum atomic E-state index is 0.269. The maximum absolute atomic E-state index is 9.11. The van der Waals surface area contributed by atoms with E-state index in [-0.39, 0.29) is 6.10 Å². The molecular formula is C14H21N3O. The molecule has 0 spiro atoms. The molecule has 4 nitrogen and oxygen atoms in total. The highest BCUT2D eigenvalue weighted by Crippen LogP contribution is 2.18. The van der Waals surface area contributed by atoms with Gasteiger partial charge in [0.15, 0.2) is 0 Å². The van der Waals surface area contributed by atoms with E-state index < -0.39 is 0 Å². The molecule has 1 N–H and O–H groups in total. The third-order valence-corrected chi connectivity index (χ3v) is 2.53. The number of nitrogens with one attached hydrogen (secondary N) is 1. The molecule has 0 fully saturated rings. The predicted molar refractivity (Wildman–Crippen MR) is 72.6 cm³/mol. The molecule has 1 heterocycles. The molecule has 0 amide bonds. The highest BCUT2D eigenvalue weighted by molar-refractivity contribution is 5.59. The first-order chi connectivity index (χ1) is 8.54. The zero-order chi connectivity index (χ0) is 13.5. The van der Waals surface area contributed by atoms with Crippen molar-refractivity contribution in [3.63, 3.8) is 0 Å². The Balaban J connectivity index is 2.54. The maximum atomic E-state index is 9.11. The minimum absolute atomic E-state index is 0.269. The fourth-order valence-electron chi connectivity index (χ4n) is 1.72. The Morgan fingerprint density at radius 1 is 1.44 bits per heavy atom. The van der Waals surface area contributed by atoms with Crippen molar-refractivity contribution in [1.29, 1.82) is 5.26 Å². The van der Waals surface area contributed by atoms with Gasteiger partial charge in [-0.3, -0.25) is 4.98 Å². The van der Waals surface area contributed by atoms with E-state index in [4.69, 9.17) is 10.00 Å². The molecule has 1 rings (SSSR count). The summed E-state index contributed by atoms with van der Waals surface area (Å²) < 4.78 is 5.47. The highest BCUT2D eigenvalue weighted by Gasteiger charge is 2.07. The molecule has 0 bridgehead atoms. The molecule has 0 unspecified atom stereocenters. The topological polar surface area (TPSA) is 57.9 Å². The van der Waals surface area contributed by atoms with Crippen LogP contribution in [0.15, 0.2) is 6.07 Å². The van der Waals surface area contributed by atoms with Gasteiger partial charge in [0.2, 0.25) is 0 Å². The van der Waals surface area contributed by atoms with Crippen LogP contribution in [0, 0.1) is 25.2 Å². The van der Waals surface area contributed by atoms with E-state index in [0.29, 0.717) is 5.56 Å². The molecule has 0 aliphatic rings. The van der Waals surface area contributed by atoms with Gasteiger partial charge in [-0.1, -0.05) is 0 Å². The third-order valence-electron chi connectivity index (χ3n) is 2.53. The number of ether oxygens (including phenoxy) is 1. The second-order valence-electron chi connectivity index (χ2n) is 4.58. The van der Waals surface area contributed by atoms with Crippen LogP contribution < -0.4 is 5.32 Å². The number of pyridine rings is 1. The van der Waals surface area contributed by atoms with Gasteiger partial charge >= 0.3 is 0 Å². The maximum Gasteiger partial charge on any atom is 0.103 e. The lowest BCUT2D eigenvalue weighted by Crippen LogP contribution is -2.10. The molecule has 0 atom stereocenters. The Morgan fingerprint density at radius 2 is 2.17 bits per heavy atom. The largest absolute Gasteiger partial charge is 0.384 e. The van der Waals surface area contributed by atoms with Crippen molar-refractivity contribution < 1.29 is 4.74 Å². The van der Waals surface area contributed by atoms with E-state index in [1.807, 2.05) is 33.8 Å². The van der Waals surface area contributed by atoms with Gasteiger partial charge in [0.1, 0.15) is 6.07 Å². The fourth-order valence-corrected chi connectivity index (χ4v) is 1.72. The van der Waals surface area contributed by atoms with Crippen LogP contribution in [0.1, 0.15) is 37.2 Å². The Morgan fingerprint density at radius 3 is 2.78 bits per heavy atom. The summed E-state index contributed by atoms with van der Waals surface area (Å²) in [5, 5.41) is 12.4. The third kappa shape index (κ3) is 4.34. The standard InChI is InChI=1S/C14H21N3O/c1-10(2)18-7-5-6-16-14-8-11(3)17-12(4)13(14)9-15/h8,10H,5-7H2,1-4H3,(H,16,17). The Bertz CT molecular complexity index is 435. The molecule has 0 aliphatic heterocycles. The zero-order valence-corrected chi connectivity index (χ0v) is 11.6. The van der Waals surface area contributed by atoms with Gasteiger partial charge in [0.25, 0.3) is 0 Å². The number of nitrogens with zero attached hydrogens (tertiary/aromatic N) is 2. The fraction of sp³-hybridized carbons (Fsp3) is 0.571. The van der Waals surface area contributed by atoms with Crippen molar-refractivity contribution in [2.45, 2.75) is 40.2 Å². The van der Waals surface area contributed by atoms with E-state index in [9.17, 15) is 0 Å². The summed E-state index contributed by atoms with van der Waals surface area (Å²) in [5.41, 5.74) is 3.20. The molecule has 1 aromatic rings. The Hall–Kier alpha value is -1.60. The van der Waals surface area contributed by atoms with E-state index in [1.54, 1.807) is 0 Å². The summed E-state index contributed by atoms with van der Waals surface area (Å²) in [6.07, 6.45) is 1.19. The summed E-state index contributed by atoms with van der Waals surface area (Å²) >= 11 is 0. The first-order valence-electron chi connectivity index (χ1n) is 6.28. The quantitative estimate of drug-likeness (QED) is 0.785. The number of aromatic nitrogens is 1. The lowest BCUT2D eigenvalue weighted by Gasteiger charge is -2.11. The Kier molecular flexibility index (Phi) is 5.60. The van der Waals surface area contributed by atoms with E-state index in [0.717, 1.165) is 36.6 Å². The van der Waals surface area contributed by atoms with Crippen molar-refractivity contribution >= 4 is 5.69 Å². The van der Waals surface area contributed by atoms with Crippen LogP contribution in [-0.4, -0.2) is 24.2 Å². The summed E-state index contributed by atoms with van der Waals surface area (Å²) in [6.45, 7) is 9.37. The molecule has 0 aliphatic carbocycles. The number of anilines is 1. The van der Waals surface area contributed by atoms with Crippen LogP contribution in [0.25, 0.3) is 0 Å². The normalized spacial score (nSPS) is 10.4. The molecule has 4 heteroatoms. The molecule has 98 valence electrons. The number of rotatable bonds is 6. The van der Waals surface area contributed by atoms with Crippen molar-refractivity contribution in [1.82, 2.24) is 4.98 Å². The van der Waals surface area contributed by atoms with E-state index in [2.05, 4.69) is 16.4 Å². The highest BCUT2D eigenvalue weighted by atomic mass is 16.5. The van der Waals surface area contributed by atoms with Crippen LogP contribution in [0.4, 0.5) is 5.69 Å². The molecule has 0 radical (unpaired) electrons. The average Bonchev–Trinajstić information content (AvgIpc) is 2.27. The van der Waals surface area contributed by atoms with Gasteiger partial charge in [-0.25, -0.2) is 0 Å². The lowest BCUT2D eigenvalue weighted by atomic mass is 10.1. The number of aryl methyl sites for hydroxylation is 2.